The maximum absolute atomic E-state index is 11.3. The second-order valence-electron chi connectivity index (χ2n) is 3.68. The molecule has 1 aliphatic carbocycles. The molecule has 1 amide bonds. The zero-order valence-electron chi connectivity index (χ0n) is 8.60. The van der Waals surface area contributed by atoms with Gasteiger partial charge in [0.25, 0.3) is 0 Å². The third-order valence-corrected chi connectivity index (χ3v) is 2.38. The van der Waals surface area contributed by atoms with Crippen LogP contribution in [-0.4, -0.2) is 16.6 Å². The van der Waals surface area contributed by atoms with Gasteiger partial charge in [0.15, 0.2) is 0 Å². The number of hydrogen-bond acceptors (Lipinski definition) is 3. The summed E-state index contributed by atoms with van der Waals surface area (Å²) < 4.78 is 0. The molecule has 1 aromatic rings. The normalized spacial score (nSPS) is 16.2. The van der Waals surface area contributed by atoms with Gasteiger partial charge in [-0.1, -0.05) is 0 Å². The minimum Gasteiger partial charge on any atom is -0.273 e. The van der Waals surface area contributed by atoms with Crippen LogP contribution < -0.4 is 5.43 Å². The van der Waals surface area contributed by atoms with Crippen molar-refractivity contribution in [1.82, 2.24) is 10.4 Å². The largest absolute Gasteiger partial charge is 0.273 e. The summed E-state index contributed by atoms with van der Waals surface area (Å²) in [5.74, 6) is 0.224. The van der Waals surface area contributed by atoms with Gasteiger partial charge < -0.3 is 0 Å². The summed E-state index contributed by atoms with van der Waals surface area (Å²) in [5.41, 5.74) is 4.34. The summed E-state index contributed by atoms with van der Waals surface area (Å²) in [6.45, 7) is 1.86. The first-order valence-corrected chi connectivity index (χ1v) is 5.02. The maximum atomic E-state index is 11.3. The molecular weight excluding hydrogens is 190 g/mol. The minimum absolute atomic E-state index is 0.0309. The summed E-state index contributed by atoms with van der Waals surface area (Å²) in [5, 5.41) is 4.04. The number of carbonyl (C=O) groups is 1. The molecule has 0 spiro atoms. The van der Waals surface area contributed by atoms with Crippen LogP contribution in [0.25, 0.3) is 0 Å². The molecule has 15 heavy (non-hydrogen) atoms. The lowest BCUT2D eigenvalue weighted by atomic mass is 10.2. The highest BCUT2D eigenvalue weighted by Crippen LogP contribution is 2.28. The van der Waals surface area contributed by atoms with Gasteiger partial charge in [0.05, 0.1) is 5.71 Å². The summed E-state index contributed by atoms with van der Waals surface area (Å²) in [4.78, 5) is 15.2. The predicted molar refractivity (Wildman–Crippen MR) is 57.3 cm³/mol. The second kappa shape index (κ2) is 4.21. The van der Waals surface area contributed by atoms with Crippen molar-refractivity contribution >= 4 is 11.6 Å². The van der Waals surface area contributed by atoms with E-state index in [9.17, 15) is 4.79 Å². The fourth-order valence-electron chi connectivity index (χ4n) is 1.23. The Bertz CT molecular complexity index is 382. The molecule has 0 aliphatic heterocycles. The topological polar surface area (TPSA) is 54.4 Å². The summed E-state index contributed by atoms with van der Waals surface area (Å²) in [6.07, 6.45) is 5.40. The molecule has 1 saturated carbocycles. The Labute approximate surface area is 88.4 Å². The van der Waals surface area contributed by atoms with Crippen LogP contribution in [0.5, 0.6) is 0 Å². The minimum atomic E-state index is 0.0309. The number of aromatic nitrogens is 1. The number of hydrogen-bond donors (Lipinski definition) is 1. The predicted octanol–water partition coefficient (Wildman–Crippen LogP) is 1.33. The quantitative estimate of drug-likeness (QED) is 0.595. The molecule has 2 rings (SSSR count). The molecule has 0 saturated heterocycles. The number of nitrogens with one attached hydrogen (secondary N) is 1. The van der Waals surface area contributed by atoms with E-state index >= 15 is 0 Å². The Balaban J connectivity index is 1.97. The molecule has 0 radical (unpaired) electrons. The zero-order chi connectivity index (χ0) is 10.7. The number of nitrogens with zero attached hydrogens (tertiary/aromatic N) is 2. The van der Waals surface area contributed by atoms with Crippen molar-refractivity contribution < 1.29 is 4.79 Å². The second-order valence-corrected chi connectivity index (χ2v) is 3.68. The van der Waals surface area contributed by atoms with E-state index in [-0.39, 0.29) is 11.8 Å². The molecule has 4 nitrogen and oxygen atoms in total. The van der Waals surface area contributed by atoms with Crippen molar-refractivity contribution in [2.45, 2.75) is 19.8 Å². The average Bonchev–Trinajstić information content (AvgIpc) is 3.10. The molecular formula is C11H13N3O. The first kappa shape index (κ1) is 9.83. The van der Waals surface area contributed by atoms with Crippen LogP contribution in [0, 0.1) is 5.92 Å². The van der Waals surface area contributed by atoms with Crippen LogP contribution in [0.4, 0.5) is 0 Å². The molecule has 0 bridgehead atoms. The van der Waals surface area contributed by atoms with Crippen molar-refractivity contribution in [3.63, 3.8) is 0 Å². The molecule has 1 fully saturated rings. The SMILES string of the molecule is C/C(=N/NC(=O)C1CC1)c1ccncc1. The highest BCUT2D eigenvalue weighted by molar-refractivity contribution is 5.99. The first-order valence-electron chi connectivity index (χ1n) is 5.02. The van der Waals surface area contributed by atoms with Crippen molar-refractivity contribution in [3.05, 3.63) is 30.1 Å². The Kier molecular flexibility index (Phi) is 2.76. The van der Waals surface area contributed by atoms with E-state index in [1.165, 1.54) is 0 Å². The fraction of sp³-hybridized carbons (Fsp3) is 0.364. The van der Waals surface area contributed by atoms with Gasteiger partial charge in [0.1, 0.15) is 0 Å². The molecule has 78 valence electrons. The average molecular weight is 203 g/mol. The van der Waals surface area contributed by atoms with Crippen LogP contribution in [0.15, 0.2) is 29.6 Å². The number of rotatable bonds is 3. The van der Waals surface area contributed by atoms with E-state index in [1.54, 1.807) is 12.4 Å². The monoisotopic (exact) mass is 203 g/mol. The lowest BCUT2D eigenvalue weighted by Gasteiger charge is -2.01. The lowest BCUT2D eigenvalue weighted by molar-refractivity contribution is -0.122. The number of pyridine rings is 1. The number of amides is 1. The zero-order valence-corrected chi connectivity index (χ0v) is 8.60. The standard InChI is InChI=1S/C11H13N3O/c1-8(9-4-6-12-7-5-9)13-14-11(15)10-2-3-10/h4-7,10H,2-3H2,1H3,(H,14,15)/b13-8-. The van der Waals surface area contributed by atoms with Crippen molar-refractivity contribution in [1.29, 1.82) is 0 Å². The number of carbonyl (C=O) groups excluding carboxylic acids is 1. The molecule has 0 atom stereocenters. The van der Waals surface area contributed by atoms with Gasteiger partial charge in [-0.25, -0.2) is 5.43 Å². The van der Waals surface area contributed by atoms with E-state index in [0.29, 0.717) is 0 Å². The van der Waals surface area contributed by atoms with Gasteiger partial charge in [0.2, 0.25) is 5.91 Å². The molecule has 1 heterocycles. The highest BCUT2D eigenvalue weighted by Gasteiger charge is 2.29. The van der Waals surface area contributed by atoms with Crippen LogP contribution in [0.1, 0.15) is 25.3 Å². The molecule has 0 aromatic carbocycles. The van der Waals surface area contributed by atoms with Gasteiger partial charge in [-0.05, 0) is 31.9 Å². The highest BCUT2D eigenvalue weighted by atomic mass is 16.2. The summed E-state index contributed by atoms with van der Waals surface area (Å²) in [7, 11) is 0. The van der Waals surface area contributed by atoms with Crippen LogP contribution in [-0.2, 0) is 4.79 Å². The van der Waals surface area contributed by atoms with Crippen molar-refractivity contribution in [3.8, 4) is 0 Å². The van der Waals surface area contributed by atoms with Gasteiger partial charge in [0, 0.05) is 23.9 Å². The van der Waals surface area contributed by atoms with E-state index in [2.05, 4.69) is 15.5 Å². The van der Waals surface area contributed by atoms with Crippen LogP contribution >= 0.6 is 0 Å². The summed E-state index contributed by atoms with van der Waals surface area (Å²) in [6, 6.07) is 3.73. The Morgan fingerprint density at radius 1 is 1.47 bits per heavy atom. The first-order chi connectivity index (χ1) is 7.27. The third kappa shape index (κ3) is 2.62. The van der Waals surface area contributed by atoms with Gasteiger partial charge >= 0.3 is 0 Å². The van der Waals surface area contributed by atoms with E-state index in [0.717, 1.165) is 24.1 Å². The fourth-order valence-corrected chi connectivity index (χ4v) is 1.23. The molecule has 0 unspecified atom stereocenters. The lowest BCUT2D eigenvalue weighted by Crippen LogP contribution is -2.20. The van der Waals surface area contributed by atoms with Crippen molar-refractivity contribution in [2.24, 2.45) is 11.0 Å². The van der Waals surface area contributed by atoms with Crippen molar-refractivity contribution in [2.75, 3.05) is 0 Å². The summed E-state index contributed by atoms with van der Waals surface area (Å²) >= 11 is 0. The van der Waals surface area contributed by atoms with Crippen LogP contribution in [0.3, 0.4) is 0 Å². The molecule has 1 aliphatic rings. The Hall–Kier alpha value is -1.71. The van der Waals surface area contributed by atoms with Gasteiger partial charge in [-0.3, -0.25) is 9.78 Å². The smallest absolute Gasteiger partial charge is 0.243 e. The molecule has 1 N–H and O–H groups in total. The van der Waals surface area contributed by atoms with E-state index in [4.69, 9.17) is 0 Å². The number of hydrazone groups is 1. The molecule has 1 aromatic heterocycles. The third-order valence-electron chi connectivity index (χ3n) is 2.38. The Morgan fingerprint density at radius 3 is 2.73 bits per heavy atom. The Morgan fingerprint density at radius 2 is 2.13 bits per heavy atom. The van der Waals surface area contributed by atoms with E-state index < -0.39 is 0 Å². The van der Waals surface area contributed by atoms with E-state index in [1.807, 2.05) is 19.1 Å². The van der Waals surface area contributed by atoms with Gasteiger partial charge in [-0.15, -0.1) is 0 Å². The molecule has 4 heteroatoms. The van der Waals surface area contributed by atoms with Gasteiger partial charge in [-0.2, -0.15) is 5.10 Å². The maximum Gasteiger partial charge on any atom is 0.243 e. The van der Waals surface area contributed by atoms with Crippen LogP contribution in [0.2, 0.25) is 0 Å².